The molecular weight excluding hydrogens is 372 g/mol. The maximum atomic E-state index is 13.0. The van der Waals surface area contributed by atoms with E-state index in [-0.39, 0.29) is 29.7 Å². The van der Waals surface area contributed by atoms with Crippen molar-refractivity contribution in [1.82, 2.24) is 9.97 Å². The molecule has 0 fully saturated rings. The van der Waals surface area contributed by atoms with Crippen molar-refractivity contribution in [2.45, 2.75) is 50.7 Å². The van der Waals surface area contributed by atoms with Gasteiger partial charge in [-0.2, -0.15) is 0 Å². The Kier molecular flexibility index (Phi) is 7.63. The Morgan fingerprint density at radius 2 is 2.07 bits per heavy atom. The number of hydrogen-bond acceptors (Lipinski definition) is 7. The molecule has 0 unspecified atom stereocenters. The lowest BCUT2D eigenvalue weighted by atomic mass is 9.88. The normalized spacial score (nSPS) is 12.3. The molecule has 1 atom stereocenters. The first kappa shape index (κ1) is 22.3. The van der Waals surface area contributed by atoms with E-state index in [0.29, 0.717) is 12.1 Å². The second-order valence-corrected chi connectivity index (χ2v) is 6.98. The largest absolute Gasteiger partial charge is 0.351 e. The number of nitrogens with two attached hydrogens (primary N) is 3. The molecule has 154 valence electrons. The fourth-order valence-electron chi connectivity index (χ4n) is 3.00. The van der Waals surface area contributed by atoms with Crippen LogP contribution in [0.2, 0.25) is 0 Å². The van der Waals surface area contributed by atoms with E-state index in [4.69, 9.17) is 22.7 Å². The minimum absolute atomic E-state index is 0.0266. The predicted molar refractivity (Wildman–Crippen MR) is 109 cm³/mol. The number of aromatic nitrogens is 2. The van der Waals surface area contributed by atoms with Crippen LogP contribution in [0.5, 0.6) is 0 Å². The number of imidazole rings is 1. The molecule has 0 aliphatic rings. The van der Waals surface area contributed by atoms with Gasteiger partial charge in [0.1, 0.15) is 5.66 Å². The van der Waals surface area contributed by atoms with Gasteiger partial charge in [0.25, 0.3) is 0 Å². The molecule has 2 aromatic rings. The lowest BCUT2D eigenvalue weighted by Crippen LogP contribution is -2.56. The molecular formula is C19H26N8O2. The number of H-pyrrole nitrogens is 1. The Balaban J connectivity index is 2.37. The van der Waals surface area contributed by atoms with Gasteiger partial charge in [0.15, 0.2) is 11.6 Å². The SMILES string of the molecule is CCCCCC(N)(N)C(=O)c1ccc(N=[N+]=[N-])cc1C(=O)[C@@H](N)Cc1c[nH]cn1. The van der Waals surface area contributed by atoms with E-state index >= 15 is 0 Å². The third kappa shape index (κ3) is 5.72. The van der Waals surface area contributed by atoms with Crippen molar-refractivity contribution < 1.29 is 9.59 Å². The molecule has 2 rings (SSSR count). The summed E-state index contributed by atoms with van der Waals surface area (Å²) in [5, 5.41) is 3.50. The summed E-state index contributed by atoms with van der Waals surface area (Å²) in [5.41, 5.74) is 26.2. The van der Waals surface area contributed by atoms with Crippen LogP contribution < -0.4 is 17.2 Å². The second-order valence-electron chi connectivity index (χ2n) is 6.98. The molecule has 0 saturated carbocycles. The van der Waals surface area contributed by atoms with Gasteiger partial charge in [-0.05, 0) is 24.4 Å². The highest BCUT2D eigenvalue weighted by Crippen LogP contribution is 2.24. The van der Waals surface area contributed by atoms with Crippen molar-refractivity contribution in [2.24, 2.45) is 22.3 Å². The number of hydrogen-bond donors (Lipinski definition) is 4. The molecule has 0 aliphatic heterocycles. The number of carbonyl (C=O) groups excluding carboxylic acids is 2. The number of ketones is 2. The molecule has 0 bridgehead atoms. The molecule has 0 spiro atoms. The van der Waals surface area contributed by atoms with E-state index < -0.39 is 23.3 Å². The number of Topliss-reactive ketones (excluding diaryl/α,β-unsaturated/α-hetero) is 2. The number of nitrogens with zero attached hydrogens (tertiary/aromatic N) is 4. The van der Waals surface area contributed by atoms with Gasteiger partial charge in [-0.15, -0.1) is 0 Å². The van der Waals surface area contributed by atoms with E-state index in [2.05, 4.69) is 20.0 Å². The van der Waals surface area contributed by atoms with Crippen LogP contribution in [-0.2, 0) is 6.42 Å². The van der Waals surface area contributed by atoms with Crippen molar-refractivity contribution in [1.29, 1.82) is 0 Å². The van der Waals surface area contributed by atoms with Crippen LogP contribution in [0, 0.1) is 0 Å². The van der Waals surface area contributed by atoms with Gasteiger partial charge in [-0.3, -0.25) is 9.59 Å². The lowest BCUT2D eigenvalue weighted by molar-refractivity contribution is 0.0869. The van der Waals surface area contributed by atoms with Gasteiger partial charge in [-0.25, -0.2) is 4.98 Å². The first-order chi connectivity index (χ1) is 13.8. The number of aromatic amines is 1. The summed E-state index contributed by atoms with van der Waals surface area (Å²) >= 11 is 0. The zero-order valence-electron chi connectivity index (χ0n) is 16.3. The minimum Gasteiger partial charge on any atom is -0.351 e. The number of carbonyl (C=O) groups is 2. The standard InChI is InChI=1S/C19H26N8O2/c1-2-3-4-7-19(21,22)18(29)14-6-5-12(26-27-23)8-15(14)17(28)16(20)9-13-10-24-11-25-13/h5-6,8,10-11,16H,2-4,7,9,20-22H2,1H3,(H,24,25)/t16-/m0/s1. The van der Waals surface area contributed by atoms with Crippen molar-refractivity contribution in [3.8, 4) is 0 Å². The molecule has 1 aromatic heterocycles. The van der Waals surface area contributed by atoms with Crippen LogP contribution >= 0.6 is 0 Å². The molecule has 0 radical (unpaired) electrons. The molecule has 7 N–H and O–H groups in total. The van der Waals surface area contributed by atoms with Crippen molar-refractivity contribution in [3.05, 3.63) is 58.0 Å². The van der Waals surface area contributed by atoms with E-state index in [1.54, 1.807) is 6.20 Å². The summed E-state index contributed by atoms with van der Waals surface area (Å²) in [6.45, 7) is 2.03. The van der Waals surface area contributed by atoms with Crippen LogP contribution in [0.1, 0.15) is 59.0 Å². The van der Waals surface area contributed by atoms with Crippen LogP contribution in [0.15, 0.2) is 35.8 Å². The predicted octanol–water partition coefficient (Wildman–Crippen LogP) is 2.48. The third-order valence-corrected chi connectivity index (χ3v) is 4.61. The average Bonchev–Trinajstić information content (AvgIpc) is 3.20. The van der Waals surface area contributed by atoms with Gasteiger partial charge in [0.05, 0.1) is 18.1 Å². The number of rotatable bonds is 11. The molecule has 1 aromatic carbocycles. The minimum atomic E-state index is -1.61. The fourth-order valence-corrected chi connectivity index (χ4v) is 3.00. The summed E-state index contributed by atoms with van der Waals surface area (Å²) in [4.78, 5) is 35.6. The Morgan fingerprint density at radius 3 is 2.69 bits per heavy atom. The summed E-state index contributed by atoms with van der Waals surface area (Å²) in [7, 11) is 0. The molecule has 0 saturated heterocycles. The molecule has 0 amide bonds. The topological polar surface area (TPSA) is 190 Å². The molecule has 29 heavy (non-hydrogen) atoms. The van der Waals surface area contributed by atoms with Crippen molar-refractivity contribution in [2.75, 3.05) is 0 Å². The van der Waals surface area contributed by atoms with E-state index in [1.807, 2.05) is 6.92 Å². The van der Waals surface area contributed by atoms with E-state index in [1.165, 1.54) is 24.5 Å². The molecule has 10 heteroatoms. The van der Waals surface area contributed by atoms with Gasteiger partial charge in [-0.1, -0.05) is 37.0 Å². The quantitative estimate of drug-likeness (QED) is 0.112. The highest BCUT2D eigenvalue weighted by Gasteiger charge is 2.33. The second kappa shape index (κ2) is 9.94. The molecule has 0 aliphatic carbocycles. The number of benzene rings is 1. The summed E-state index contributed by atoms with van der Waals surface area (Å²) in [6, 6.07) is 3.22. The Morgan fingerprint density at radius 1 is 1.31 bits per heavy atom. The number of azide groups is 1. The van der Waals surface area contributed by atoms with Crippen molar-refractivity contribution in [3.63, 3.8) is 0 Å². The van der Waals surface area contributed by atoms with Gasteiger partial charge in [0.2, 0.25) is 0 Å². The van der Waals surface area contributed by atoms with Gasteiger partial charge in [0, 0.05) is 34.3 Å². The van der Waals surface area contributed by atoms with Crippen molar-refractivity contribution >= 4 is 17.3 Å². The summed E-state index contributed by atoms with van der Waals surface area (Å²) in [5.74, 6) is -1.05. The highest BCUT2D eigenvalue weighted by atomic mass is 16.1. The van der Waals surface area contributed by atoms with Crippen LogP contribution in [0.25, 0.3) is 10.4 Å². The van der Waals surface area contributed by atoms with E-state index in [0.717, 1.165) is 12.8 Å². The first-order valence-electron chi connectivity index (χ1n) is 9.39. The fraction of sp³-hybridized carbons (Fsp3) is 0.421. The van der Waals surface area contributed by atoms with Crippen LogP contribution in [-0.4, -0.2) is 33.2 Å². The lowest BCUT2D eigenvalue weighted by Gasteiger charge is -2.24. The molecule has 10 nitrogen and oxygen atoms in total. The van der Waals surface area contributed by atoms with Crippen LogP contribution in [0.3, 0.4) is 0 Å². The Labute approximate surface area is 168 Å². The molecule has 1 heterocycles. The number of nitrogens with one attached hydrogen (secondary N) is 1. The van der Waals surface area contributed by atoms with Gasteiger partial charge >= 0.3 is 0 Å². The smallest absolute Gasteiger partial charge is 0.197 e. The Hall–Kier alpha value is -3.04. The maximum absolute atomic E-state index is 13.0. The first-order valence-corrected chi connectivity index (χ1v) is 9.39. The zero-order chi connectivity index (χ0) is 21.4. The van der Waals surface area contributed by atoms with Gasteiger partial charge < -0.3 is 22.2 Å². The Bertz CT molecular complexity index is 901. The number of unbranched alkanes of at least 4 members (excludes halogenated alkanes) is 2. The summed E-state index contributed by atoms with van der Waals surface area (Å²) < 4.78 is 0. The maximum Gasteiger partial charge on any atom is 0.197 e. The summed E-state index contributed by atoms with van der Waals surface area (Å²) in [6.07, 6.45) is 6.11. The average molecular weight is 398 g/mol. The van der Waals surface area contributed by atoms with E-state index in [9.17, 15) is 9.59 Å². The third-order valence-electron chi connectivity index (χ3n) is 4.61. The monoisotopic (exact) mass is 398 g/mol. The zero-order valence-corrected chi connectivity index (χ0v) is 16.3. The van der Waals surface area contributed by atoms with Crippen LogP contribution in [0.4, 0.5) is 5.69 Å². The highest BCUT2D eigenvalue weighted by molar-refractivity contribution is 6.13.